The van der Waals surface area contributed by atoms with E-state index < -0.39 is 0 Å². The van der Waals surface area contributed by atoms with E-state index in [1.54, 1.807) is 7.11 Å². The molecule has 2 heterocycles. The highest BCUT2D eigenvalue weighted by molar-refractivity contribution is 5.92. The minimum absolute atomic E-state index is 0. The van der Waals surface area contributed by atoms with E-state index in [1.165, 1.54) is 5.56 Å². The smallest absolute Gasteiger partial charge is 0.196 e. The van der Waals surface area contributed by atoms with Crippen LogP contribution in [0.25, 0.3) is 28.8 Å². The van der Waals surface area contributed by atoms with Crippen LogP contribution in [0.1, 0.15) is 16.7 Å². The Morgan fingerprint density at radius 1 is 0.971 bits per heavy atom. The highest BCUT2D eigenvalue weighted by atomic mass is 35.5. The van der Waals surface area contributed by atoms with Gasteiger partial charge in [-0.15, -0.1) is 22.6 Å². The molecule has 6 nitrogen and oxygen atoms in total. The summed E-state index contributed by atoms with van der Waals surface area (Å²) < 4.78 is 5.34. The second kappa shape index (κ2) is 10.2. The van der Waals surface area contributed by atoms with Crippen molar-refractivity contribution in [2.45, 2.75) is 6.54 Å². The van der Waals surface area contributed by atoms with Crippen molar-refractivity contribution in [2.24, 2.45) is 10.2 Å². The van der Waals surface area contributed by atoms with E-state index in [4.69, 9.17) is 4.74 Å². The highest BCUT2D eigenvalue weighted by Gasteiger charge is 2.11. The van der Waals surface area contributed by atoms with Gasteiger partial charge in [0.15, 0.2) is 5.88 Å². The first-order valence-electron chi connectivity index (χ1n) is 11.1. The number of fused-ring (bicyclic) bond motifs is 2. The lowest BCUT2D eigenvalue weighted by Gasteiger charge is -2.09. The van der Waals surface area contributed by atoms with E-state index in [2.05, 4.69) is 64.5 Å². The normalized spacial score (nSPS) is 13.1. The largest absolute Gasteiger partial charge is 0.497 e. The first-order chi connectivity index (χ1) is 16.5. The third-order valence-electron chi connectivity index (χ3n) is 5.81. The monoisotopic (exact) mass is 486 g/mol. The van der Waals surface area contributed by atoms with Crippen LogP contribution >= 0.6 is 12.4 Å². The summed E-state index contributed by atoms with van der Waals surface area (Å²) in [7, 11) is 5.76. The van der Waals surface area contributed by atoms with Gasteiger partial charge in [-0.1, -0.05) is 36.4 Å². The zero-order valence-corrected chi connectivity index (χ0v) is 20.6. The van der Waals surface area contributed by atoms with Crippen molar-refractivity contribution >= 4 is 46.8 Å². The molecule has 3 aromatic carbocycles. The van der Waals surface area contributed by atoms with Gasteiger partial charge in [-0.05, 0) is 72.9 Å². The number of aromatic hydroxyl groups is 1. The van der Waals surface area contributed by atoms with Crippen LogP contribution in [0.2, 0.25) is 0 Å². The Hall–Kier alpha value is -3.87. The van der Waals surface area contributed by atoms with Gasteiger partial charge in [0.05, 0.1) is 18.5 Å². The first-order valence-corrected chi connectivity index (χ1v) is 11.1. The second-order valence-electron chi connectivity index (χ2n) is 8.62. The van der Waals surface area contributed by atoms with E-state index in [0.717, 1.165) is 50.6 Å². The van der Waals surface area contributed by atoms with Crippen molar-refractivity contribution in [1.82, 2.24) is 9.88 Å². The van der Waals surface area contributed by atoms with Crippen molar-refractivity contribution in [1.29, 1.82) is 0 Å². The number of nitrogens with one attached hydrogen (secondary N) is 1. The number of aromatic amines is 1. The van der Waals surface area contributed by atoms with Crippen LogP contribution in [0.4, 0.5) is 5.69 Å². The third kappa shape index (κ3) is 5.14. The van der Waals surface area contributed by atoms with Crippen molar-refractivity contribution in [3.8, 4) is 11.6 Å². The number of benzene rings is 3. The molecule has 1 aliphatic heterocycles. The summed E-state index contributed by atoms with van der Waals surface area (Å²) in [6.07, 6.45) is 5.99. The van der Waals surface area contributed by atoms with Crippen LogP contribution in [0.5, 0.6) is 11.6 Å². The molecule has 0 aliphatic carbocycles. The van der Waals surface area contributed by atoms with Crippen LogP contribution in [-0.2, 0) is 6.54 Å². The number of aromatic nitrogens is 1. The number of halogens is 1. The summed E-state index contributed by atoms with van der Waals surface area (Å²) in [5.41, 5.74) is 5.61. The van der Waals surface area contributed by atoms with Crippen molar-refractivity contribution in [2.75, 3.05) is 21.2 Å². The molecular weight excluding hydrogens is 460 g/mol. The quantitative estimate of drug-likeness (QED) is 0.397. The van der Waals surface area contributed by atoms with Crippen LogP contribution in [0, 0.1) is 0 Å². The molecule has 4 aromatic rings. The molecule has 35 heavy (non-hydrogen) atoms. The van der Waals surface area contributed by atoms with Gasteiger partial charge in [0.25, 0.3) is 0 Å². The Morgan fingerprint density at radius 3 is 2.51 bits per heavy atom. The molecule has 1 aliphatic rings. The van der Waals surface area contributed by atoms with Gasteiger partial charge < -0.3 is 19.7 Å². The molecule has 178 valence electrons. The number of hydrogen-bond donors (Lipinski definition) is 2. The number of azo groups is 1. The molecule has 0 radical (unpaired) electrons. The Bertz CT molecular complexity index is 1550. The van der Waals surface area contributed by atoms with Gasteiger partial charge in [0, 0.05) is 28.2 Å². The molecule has 1 aromatic heterocycles. The van der Waals surface area contributed by atoms with E-state index in [9.17, 15) is 5.11 Å². The molecule has 2 N–H and O–H groups in total. The highest BCUT2D eigenvalue weighted by Crippen LogP contribution is 2.30. The number of ether oxygens (including phenoxy) is 1. The van der Waals surface area contributed by atoms with Crippen molar-refractivity contribution in [3.63, 3.8) is 0 Å². The fourth-order valence-electron chi connectivity index (χ4n) is 4.11. The van der Waals surface area contributed by atoms with Gasteiger partial charge in [0.1, 0.15) is 5.75 Å². The number of nitrogens with zero attached hydrogens (tertiary/aromatic N) is 3. The third-order valence-corrected chi connectivity index (χ3v) is 5.81. The molecule has 0 amide bonds. The average molecular weight is 487 g/mol. The topological polar surface area (TPSA) is 73.2 Å². The predicted molar refractivity (Wildman–Crippen MR) is 144 cm³/mol. The number of methoxy groups -OCH3 is 1. The van der Waals surface area contributed by atoms with Crippen LogP contribution in [-0.4, -0.2) is 36.2 Å². The van der Waals surface area contributed by atoms with Gasteiger partial charge in [-0.2, -0.15) is 0 Å². The summed E-state index contributed by atoms with van der Waals surface area (Å²) in [6, 6.07) is 20.2. The molecule has 0 saturated carbocycles. The predicted octanol–water partition coefficient (Wildman–Crippen LogP) is 5.11. The SMILES string of the molecule is COc1ccc2[nH]c(O)c(C=c3ccc4c(c3)N=NC=4C=Cc3ccc(CN(C)C)cc3)c2c1.Cl. The first kappa shape index (κ1) is 24.3. The maximum absolute atomic E-state index is 10.4. The van der Waals surface area contributed by atoms with E-state index in [0.29, 0.717) is 5.56 Å². The van der Waals surface area contributed by atoms with Gasteiger partial charge in [-0.25, -0.2) is 0 Å². The summed E-state index contributed by atoms with van der Waals surface area (Å²) in [6.45, 7) is 0.923. The maximum Gasteiger partial charge on any atom is 0.196 e. The second-order valence-corrected chi connectivity index (χ2v) is 8.62. The average Bonchev–Trinajstić information content (AvgIpc) is 3.38. The Kier molecular flexibility index (Phi) is 7.05. The van der Waals surface area contributed by atoms with Crippen molar-refractivity contribution in [3.05, 3.63) is 93.9 Å². The van der Waals surface area contributed by atoms with Gasteiger partial charge in [0.2, 0.25) is 0 Å². The molecule has 5 rings (SSSR count). The molecule has 7 heteroatoms. The lowest BCUT2D eigenvalue weighted by Crippen LogP contribution is -2.10. The minimum atomic E-state index is 0. The zero-order chi connectivity index (χ0) is 23.7. The fraction of sp³-hybridized carbons (Fsp3) is 0.143. The molecule has 0 saturated heterocycles. The van der Waals surface area contributed by atoms with E-state index in [1.807, 2.05) is 48.6 Å². The van der Waals surface area contributed by atoms with Crippen LogP contribution in [0.15, 0.2) is 77.0 Å². The van der Waals surface area contributed by atoms with Gasteiger partial charge in [-0.3, -0.25) is 0 Å². The van der Waals surface area contributed by atoms with E-state index in [-0.39, 0.29) is 18.3 Å². The Labute approximate surface area is 210 Å². The van der Waals surface area contributed by atoms with Gasteiger partial charge >= 0.3 is 0 Å². The lowest BCUT2D eigenvalue weighted by molar-refractivity contribution is 0.402. The summed E-state index contributed by atoms with van der Waals surface area (Å²) >= 11 is 0. The number of rotatable bonds is 6. The number of H-pyrrole nitrogens is 1. The molecular formula is C28H27ClN4O2. The lowest BCUT2D eigenvalue weighted by atomic mass is 10.1. The van der Waals surface area contributed by atoms with Crippen LogP contribution in [0.3, 0.4) is 0 Å². The Balaban J connectivity index is 0.00000289. The molecule has 0 fully saturated rings. The summed E-state index contributed by atoms with van der Waals surface area (Å²) in [5, 5.41) is 22.0. The number of hydrogen-bond acceptors (Lipinski definition) is 5. The van der Waals surface area contributed by atoms with E-state index >= 15 is 0 Å². The molecule has 0 atom stereocenters. The zero-order valence-electron chi connectivity index (χ0n) is 19.8. The maximum atomic E-state index is 10.4. The molecule has 0 bridgehead atoms. The summed E-state index contributed by atoms with van der Waals surface area (Å²) in [4.78, 5) is 5.17. The standard InChI is InChI=1S/C28H26N4O2.ClH/c1-32(2)17-19-6-4-18(5-7-19)9-12-26-22-11-8-20(15-27(22)31-30-26)14-24-23-16-21(34-3)10-13-25(23)29-28(24)33;/h4-16,29,33H,17H2,1-3H3;1H. The Morgan fingerprint density at radius 2 is 1.77 bits per heavy atom. The van der Waals surface area contributed by atoms with Crippen molar-refractivity contribution < 1.29 is 9.84 Å². The van der Waals surface area contributed by atoms with Crippen LogP contribution < -0.4 is 15.2 Å². The molecule has 0 unspecified atom stereocenters. The molecule has 0 spiro atoms. The minimum Gasteiger partial charge on any atom is -0.497 e. The summed E-state index contributed by atoms with van der Waals surface area (Å²) in [5.74, 6) is 0.861. The fourth-order valence-corrected chi connectivity index (χ4v) is 4.11.